The normalized spacial score (nSPS) is 13.4. The van der Waals surface area contributed by atoms with Crippen LogP contribution >= 0.6 is 0 Å². The highest BCUT2D eigenvalue weighted by Crippen LogP contribution is 2.31. The van der Waals surface area contributed by atoms with Crippen molar-refractivity contribution in [3.05, 3.63) is 64.7 Å². The van der Waals surface area contributed by atoms with Crippen molar-refractivity contribution in [2.45, 2.75) is 13.5 Å². The predicted octanol–water partition coefficient (Wildman–Crippen LogP) is 2.42. The lowest BCUT2D eigenvalue weighted by molar-refractivity contribution is -0.114. The fraction of sp³-hybridized carbons (Fsp3) is 0.118. The van der Waals surface area contributed by atoms with Crippen molar-refractivity contribution in [3.8, 4) is 0 Å². The van der Waals surface area contributed by atoms with Gasteiger partial charge < -0.3 is 10.0 Å². The van der Waals surface area contributed by atoms with Gasteiger partial charge in [-0.3, -0.25) is 9.59 Å². The number of fused-ring (bicyclic) bond motifs is 1. The molecule has 0 bridgehead atoms. The number of amides is 1. The van der Waals surface area contributed by atoms with Crippen LogP contribution in [-0.4, -0.2) is 22.8 Å². The Morgan fingerprint density at radius 1 is 1.14 bits per heavy atom. The van der Waals surface area contributed by atoms with E-state index < -0.39 is 17.7 Å². The molecule has 5 heteroatoms. The molecule has 1 aliphatic heterocycles. The number of carboxylic acids is 1. The fourth-order valence-corrected chi connectivity index (χ4v) is 2.61. The maximum atomic E-state index is 12.2. The highest BCUT2D eigenvalue weighted by molar-refractivity contribution is 6.52. The van der Waals surface area contributed by atoms with E-state index in [4.69, 9.17) is 0 Å². The van der Waals surface area contributed by atoms with Crippen LogP contribution in [0, 0.1) is 6.92 Å². The zero-order valence-corrected chi connectivity index (χ0v) is 11.9. The topological polar surface area (TPSA) is 74.7 Å². The molecule has 1 amide bonds. The molecule has 2 aromatic carbocycles. The summed E-state index contributed by atoms with van der Waals surface area (Å²) in [4.78, 5) is 36.8. The summed E-state index contributed by atoms with van der Waals surface area (Å²) < 4.78 is 0. The third kappa shape index (κ3) is 2.16. The smallest absolute Gasteiger partial charge is 0.336 e. The number of carbonyl (C=O) groups is 3. The number of ketones is 1. The minimum absolute atomic E-state index is 0.0586. The SMILES string of the molecule is Cc1ccc2c(c1)C(=O)C(=O)N2Cc1ccccc1C(=O)O. The van der Waals surface area contributed by atoms with Crippen molar-refractivity contribution in [1.82, 2.24) is 0 Å². The fourth-order valence-electron chi connectivity index (χ4n) is 2.61. The molecule has 0 atom stereocenters. The molecule has 0 saturated carbocycles. The van der Waals surface area contributed by atoms with Crippen LogP contribution in [0.25, 0.3) is 0 Å². The maximum Gasteiger partial charge on any atom is 0.336 e. The Kier molecular flexibility index (Phi) is 3.25. The number of nitrogens with zero attached hydrogens (tertiary/aromatic N) is 1. The zero-order chi connectivity index (χ0) is 15.9. The Morgan fingerprint density at radius 3 is 2.59 bits per heavy atom. The van der Waals surface area contributed by atoms with E-state index in [9.17, 15) is 19.5 Å². The number of rotatable bonds is 3. The van der Waals surface area contributed by atoms with Gasteiger partial charge in [0, 0.05) is 0 Å². The molecule has 5 nitrogen and oxygen atoms in total. The first kappa shape index (κ1) is 14.0. The Labute approximate surface area is 126 Å². The van der Waals surface area contributed by atoms with Crippen molar-refractivity contribution in [2.75, 3.05) is 4.90 Å². The summed E-state index contributed by atoms with van der Waals surface area (Å²) in [5.41, 5.74) is 2.42. The number of anilines is 1. The van der Waals surface area contributed by atoms with E-state index in [-0.39, 0.29) is 12.1 Å². The summed E-state index contributed by atoms with van der Waals surface area (Å²) in [6.07, 6.45) is 0. The van der Waals surface area contributed by atoms with Crippen LogP contribution in [0.5, 0.6) is 0 Å². The highest BCUT2D eigenvalue weighted by atomic mass is 16.4. The van der Waals surface area contributed by atoms with E-state index in [0.29, 0.717) is 16.8 Å². The lowest BCUT2D eigenvalue weighted by Gasteiger charge is -2.18. The van der Waals surface area contributed by atoms with Crippen LogP contribution in [0.4, 0.5) is 5.69 Å². The van der Waals surface area contributed by atoms with Crippen LogP contribution in [0.15, 0.2) is 42.5 Å². The average Bonchev–Trinajstić information content (AvgIpc) is 2.72. The molecule has 0 radical (unpaired) electrons. The molecule has 1 N–H and O–H groups in total. The quantitative estimate of drug-likeness (QED) is 0.882. The number of Topliss-reactive ketones (excluding diaryl/α,β-unsaturated/α-hetero) is 1. The second-order valence-electron chi connectivity index (χ2n) is 5.20. The van der Waals surface area contributed by atoms with Gasteiger partial charge in [-0.2, -0.15) is 0 Å². The van der Waals surface area contributed by atoms with Gasteiger partial charge in [0.15, 0.2) is 0 Å². The zero-order valence-electron chi connectivity index (χ0n) is 11.9. The molecule has 2 aromatic rings. The van der Waals surface area contributed by atoms with E-state index in [1.54, 1.807) is 30.3 Å². The van der Waals surface area contributed by atoms with Crippen LogP contribution < -0.4 is 4.90 Å². The molecule has 0 unspecified atom stereocenters. The Morgan fingerprint density at radius 2 is 1.86 bits per heavy atom. The summed E-state index contributed by atoms with van der Waals surface area (Å²) in [7, 11) is 0. The van der Waals surface area contributed by atoms with Crippen molar-refractivity contribution >= 4 is 23.3 Å². The van der Waals surface area contributed by atoms with E-state index in [2.05, 4.69) is 0 Å². The Balaban J connectivity index is 2.03. The summed E-state index contributed by atoms with van der Waals surface area (Å²) in [5, 5.41) is 9.22. The number of aryl methyl sites for hydroxylation is 1. The molecule has 110 valence electrons. The van der Waals surface area contributed by atoms with Gasteiger partial charge in [0.05, 0.1) is 23.4 Å². The Hall–Kier alpha value is -2.95. The van der Waals surface area contributed by atoms with Crippen LogP contribution in [-0.2, 0) is 11.3 Å². The Bertz CT molecular complexity index is 810. The van der Waals surface area contributed by atoms with Gasteiger partial charge in [-0.05, 0) is 30.7 Å². The second-order valence-corrected chi connectivity index (χ2v) is 5.20. The van der Waals surface area contributed by atoms with E-state index in [0.717, 1.165) is 5.56 Å². The van der Waals surface area contributed by atoms with Gasteiger partial charge in [0.2, 0.25) is 0 Å². The summed E-state index contributed by atoms with van der Waals surface area (Å²) in [5.74, 6) is -2.23. The largest absolute Gasteiger partial charge is 0.478 e. The summed E-state index contributed by atoms with van der Waals surface area (Å²) >= 11 is 0. The van der Waals surface area contributed by atoms with Crippen molar-refractivity contribution in [1.29, 1.82) is 0 Å². The molecule has 1 aliphatic rings. The second kappa shape index (κ2) is 5.11. The molecular weight excluding hydrogens is 282 g/mol. The molecule has 0 saturated heterocycles. The highest BCUT2D eigenvalue weighted by Gasteiger charge is 2.36. The molecule has 3 rings (SSSR count). The third-order valence-electron chi connectivity index (χ3n) is 3.70. The first-order valence-electron chi connectivity index (χ1n) is 6.77. The summed E-state index contributed by atoms with van der Waals surface area (Å²) in [6, 6.07) is 11.7. The van der Waals surface area contributed by atoms with E-state index >= 15 is 0 Å². The van der Waals surface area contributed by atoms with Gasteiger partial charge in [-0.15, -0.1) is 0 Å². The minimum Gasteiger partial charge on any atom is -0.478 e. The van der Waals surface area contributed by atoms with Gasteiger partial charge in [-0.1, -0.05) is 29.8 Å². The first-order valence-corrected chi connectivity index (χ1v) is 6.77. The number of carboxylic acid groups (broad SMARTS) is 1. The maximum absolute atomic E-state index is 12.2. The lowest BCUT2D eigenvalue weighted by Crippen LogP contribution is -2.29. The summed E-state index contributed by atoms with van der Waals surface area (Å²) in [6.45, 7) is 1.91. The average molecular weight is 295 g/mol. The van der Waals surface area contributed by atoms with Gasteiger partial charge in [0.1, 0.15) is 0 Å². The number of benzene rings is 2. The van der Waals surface area contributed by atoms with Crippen LogP contribution in [0.3, 0.4) is 0 Å². The van der Waals surface area contributed by atoms with Gasteiger partial charge in [-0.25, -0.2) is 4.79 Å². The predicted molar refractivity (Wildman–Crippen MR) is 80.1 cm³/mol. The van der Waals surface area contributed by atoms with E-state index in [1.165, 1.54) is 11.0 Å². The molecule has 0 fully saturated rings. The van der Waals surface area contributed by atoms with Crippen molar-refractivity contribution < 1.29 is 19.5 Å². The molecular formula is C17H13NO4. The van der Waals surface area contributed by atoms with Crippen molar-refractivity contribution in [3.63, 3.8) is 0 Å². The third-order valence-corrected chi connectivity index (χ3v) is 3.70. The lowest BCUT2D eigenvalue weighted by atomic mass is 10.1. The molecule has 0 spiro atoms. The minimum atomic E-state index is -1.06. The van der Waals surface area contributed by atoms with Crippen LogP contribution in [0.1, 0.15) is 31.8 Å². The monoisotopic (exact) mass is 295 g/mol. The standard InChI is InChI=1S/C17H13NO4/c1-10-6-7-14-13(8-10)15(19)16(20)18(14)9-11-4-2-3-5-12(11)17(21)22/h2-8H,9H2,1H3,(H,21,22). The number of carbonyl (C=O) groups excluding carboxylic acids is 2. The van der Waals surface area contributed by atoms with Crippen LogP contribution in [0.2, 0.25) is 0 Å². The van der Waals surface area contributed by atoms with Crippen molar-refractivity contribution in [2.24, 2.45) is 0 Å². The molecule has 0 aromatic heterocycles. The van der Waals surface area contributed by atoms with E-state index in [1.807, 2.05) is 13.0 Å². The number of hydrogen-bond acceptors (Lipinski definition) is 3. The molecule has 22 heavy (non-hydrogen) atoms. The first-order chi connectivity index (χ1) is 10.5. The molecule has 1 heterocycles. The van der Waals surface area contributed by atoms with Gasteiger partial charge in [0.25, 0.3) is 11.7 Å². The van der Waals surface area contributed by atoms with Gasteiger partial charge >= 0.3 is 5.97 Å². The number of hydrogen-bond donors (Lipinski definition) is 1. The number of aromatic carboxylic acids is 1. The molecule has 0 aliphatic carbocycles.